The van der Waals surface area contributed by atoms with Crippen LogP contribution in [0.25, 0.3) is 0 Å². The van der Waals surface area contributed by atoms with Crippen LogP contribution in [0.4, 0.5) is 5.69 Å². The number of piperidine rings is 1. The Labute approximate surface area is 131 Å². The largest absolute Gasteiger partial charge is 0.371 e. The van der Waals surface area contributed by atoms with Gasteiger partial charge in [-0.3, -0.25) is 0 Å². The average molecular weight is 340 g/mol. The molecular formula is C16H26BrN3. The normalized spacial score (nSPS) is 18.6. The molecule has 2 rings (SSSR count). The van der Waals surface area contributed by atoms with Gasteiger partial charge < -0.3 is 15.1 Å². The van der Waals surface area contributed by atoms with Gasteiger partial charge in [0.2, 0.25) is 0 Å². The van der Waals surface area contributed by atoms with Gasteiger partial charge in [0, 0.05) is 29.6 Å². The summed E-state index contributed by atoms with van der Waals surface area (Å²) in [6.45, 7) is 4.47. The lowest BCUT2D eigenvalue weighted by atomic mass is 10.0. The molecule has 1 aliphatic rings. The Morgan fingerprint density at radius 3 is 2.45 bits per heavy atom. The van der Waals surface area contributed by atoms with Crippen LogP contribution in [0.5, 0.6) is 0 Å². The Kier molecular flexibility index (Phi) is 5.47. The minimum atomic E-state index is 0.389. The molecule has 1 aromatic rings. The first kappa shape index (κ1) is 15.8. The van der Waals surface area contributed by atoms with Crippen LogP contribution in [-0.2, 0) is 0 Å². The van der Waals surface area contributed by atoms with Gasteiger partial charge in [0.05, 0.1) is 5.69 Å². The fourth-order valence-electron chi connectivity index (χ4n) is 2.84. The molecule has 1 aliphatic heterocycles. The lowest BCUT2D eigenvalue weighted by molar-refractivity contribution is 0.249. The van der Waals surface area contributed by atoms with Crippen molar-refractivity contribution in [2.45, 2.75) is 31.8 Å². The van der Waals surface area contributed by atoms with Crippen LogP contribution < -0.4 is 10.2 Å². The number of hydrogen-bond acceptors (Lipinski definition) is 3. The summed E-state index contributed by atoms with van der Waals surface area (Å²) in [5, 5.41) is 3.29. The molecule has 1 atom stereocenters. The molecule has 0 aliphatic carbocycles. The minimum Gasteiger partial charge on any atom is -0.371 e. The van der Waals surface area contributed by atoms with Crippen molar-refractivity contribution >= 4 is 21.6 Å². The molecule has 1 heterocycles. The molecule has 0 saturated carbocycles. The summed E-state index contributed by atoms with van der Waals surface area (Å²) in [7, 11) is 6.37. The highest BCUT2D eigenvalue weighted by Gasteiger charge is 2.22. The second-order valence-corrected chi connectivity index (χ2v) is 6.76. The summed E-state index contributed by atoms with van der Waals surface area (Å²) in [6, 6.07) is 7.85. The Morgan fingerprint density at radius 2 is 1.95 bits per heavy atom. The molecule has 1 saturated heterocycles. The van der Waals surface area contributed by atoms with Crippen molar-refractivity contribution in [3.05, 3.63) is 28.2 Å². The molecule has 1 N–H and O–H groups in total. The van der Waals surface area contributed by atoms with Crippen molar-refractivity contribution in [1.82, 2.24) is 10.2 Å². The number of benzene rings is 1. The maximum atomic E-state index is 3.74. The molecule has 3 nitrogen and oxygen atoms in total. The molecule has 1 unspecified atom stereocenters. The third-order valence-electron chi connectivity index (χ3n) is 4.44. The molecule has 1 aromatic carbocycles. The molecule has 1 fully saturated rings. The van der Waals surface area contributed by atoms with Crippen LogP contribution in [0.15, 0.2) is 22.7 Å². The summed E-state index contributed by atoms with van der Waals surface area (Å²) in [5.74, 6) is 0. The van der Waals surface area contributed by atoms with E-state index in [0.717, 1.165) is 19.1 Å². The van der Waals surface area contributed by atoms with E-state index in [1.54, 1.807) is 0 Å². The van der Waals surface area contributed by atoms with Crippen molar-refractivity contribution in [3.63, 3.8) is 0 Å². The van der Waals surface area contributed by atoms with Crippen molar-refractivity contribution < 1.29 is 0 Å². The Balaban J connectivity index is 2.07. The molecule has 0 amide bonds. The van der Waals surface area contributed by atoms with E-state index in [1.165, 1.54) is 28.6 Å². The van der Waals surface area contributed by atoms with Crippen LogP contribution in [0.3, 0.4) is 0 Å². The monoisotopic (exact) mass is 339 g/mol. The number of nitrogens with zero attached hydrogens (tertiary/aromatic N) is 2. The van der Waals surface area contributed by atoms with Crippen LogP contribution in [0, 0.1) is 0 Å². The van der Waals surface area contributed by atoms with Gasteiger partial charge >= 0.3 is 0 Å². The highest BCUT2D eigenvalue weighted by molar-refractivity contribution is 9.10. The Bertz CT molecular complexity index is 439. The minimum absolute atomic E-state index is 0.389. The molecule has 20 heavy (non-hydrogen) atoms. The zero-order chi connectivity index (χ0) is 14.7. The van der Waals surface area contributed by atoms with Crippen molar-refractivity contribution in [2.24, 2.45) is 0 Å². The van der Waals surface area contributed by atoms with Gasteiger partial charge in [-0.15, -0.1) is 0 Å². The van der Waals surface area contributed by atoms with E-state index in [-0.39, 0.29) is 0 Å². The van der Waals surface area contributed by atoms with Crippen molar-refractivity contribution in [2.75, 3.05) is 39.1 Å². The smallest absolute Gasteiger partial charge is 0.0510 e. The SMILES string of the molecule is CNC(C)c1ccc(N2CCC(N(C)C)CC2)c(Br)c1. The van der Waals surface area contributed by atoms with Gasteiger partial charge in [-0.1, -0.05) is 6.07 Å². The van der Waals surface area contributed by atoms with Gasteiger partial charge in [0.15, 0.2) is 0 Å². The fourth-order valence-corrected chi connectivity index (χ4v) is 3.49. The van der Waals surface area contributed by atoms with Gasteiger partial charge in [0.25, 0.3) is 0 Å². The van der Waals surface area contributed by atoms with Crippen LogP contribution in [-0.4, -0.2) is 45.2 Å². The predicted molar refractivity (Wildman–Crippen MR) is 90.5 cm³/mol. The van der Waals surface area contributed by atoms with E-state index in [9.17, 15) is 0 Å². The first-order valence-electron chi connectivity index (χ1n) is 7.41. The maximum Gasteiger partial charge on any atom is 0.0510 e. The van der Waals surface area contributed by atoms with E-state index in [1.807, 2.05) is 7.05 Å². The number of halogens is 1. The van der Waals surface area contributed by atoms with Crippen molar-refractivity contribution in [3.8, 4) is 0 Å². The number of rotatable bonds is 4. The predicted octanol–water partition coefficient (Wildman–Crippen LogP) is 3.26. The fraction of sp³-hybridized carbons (Fsp3) is 0.625. The van der Waals surface area contributed by atoms with Crippen LogP contribution >= 0.6 is 15.9 Å². The topological polar surface area (TPSA) is 18.5 Å². The van der Waals surface area contributed by atoms with Gasteiger partial charge in [-0.05, 0) is 74.5 Å². The zero-order valence-electron chi connectivity index (χ0n) is 13.0. The third kappa shape index (κ3) is 3.54. The Hall–Kier alpha value is -0.580. The highest BCUT2D eigenvalue weighted by Crippen LogP contribution is 2.31. The second-order valence-electron chi connectivity index (χ2n) is 5.90. The second kappa shape index (κ2) is 6.92. The van der Waals surface area contributed by atoms with E-state index in [4.69, 9.17) is 0 Å². The third-order valence-corrected chi connectivity index (χ3v) is 5.08. The zero-order valence-corrected chi connectivity index (χ0v) is 14.6. The molecule has 0 spiro atoms. The first-order chi connectivity index (χ1) is 9.52. The van der Waals surface area contributed by atoms with Crippen molar-refractivity contribution in [1.29, 1.82) is 0 Å². The molecule has 0 bridgehead atoms. The lowest BCUT2D eigenvalue weighted by Gasteiger charge is -2.37. The maximum absolute atomic E-state index is 3.74. The first-order valence-corrected chi connectivity index (χ1v) is 8.20. The average Bonchev–Trinajstić information content (AvgIpc) is 2.46. The number of nitrogens with one attached hydrogen (secondary N) is 1. The van der Waals surface area contributed by atoms with Crippen LogP contribution in [0.1, 0.15) is 31.4 Å². The number of anilines is 1. The molecule has 4 heteroatoms. The van der Waals surface area contributed by atoms with E-state index >= 15 is 0 Å². The van der Waals surface area contributed by atoms with Gasteiger partial charge in [-0.2, -0.15) is 0 Å². The summed E-state index contributed by atoms with van der Waals surface area (Å²) in [5.41, 5.74) is 2.65. The quantitative estimate of drug-likeness (QED) is 0.908. The summed E-state index contributed by atoms with van der Waals surface area (Å²) in [4.78, 5) is 4.85. The number of hydrogen-bond donors (Lipinski definition) is 1. The standard InChI is InChI=1S/C16H26BrN3/c1-12(18-2)13-5-6-16(15(17)11-13)20-9-7-14(8-10-20)19(3)4/h5-6,11-12,14,18H,7-10H2,1-4H3. The molecule has 0 aromatic heterocycles. The summed E-state index contributed by atoms with van der Waals surface area (Å²) >= 11 is 3.74. The highest BCUT2D eigenvalue weighted by atomic mass is 79.9. The molecule has 0 radical (unpaired) electrons. The van der Waals surface area contributed by atoms with Crippen LogP contribution in [0.2, 0.25) is 0 Å². The molecule has 112 valence electrons. The van der Waals surface area contributed by atoms with E-state index in [0.29, 0.717) is 6.04 Å². The van der Waals surface area contributed by atoms with E-state index < -0.39 is 0 Å². The van der Waals surface area contributed by atoms with E-state index in [2.05, 4.69) is 70.3 Å². The molecular weight excluding hydrogens is 314 g/mol. The Morgan fingerprint density at radius 1 is 1.30 bits per heavy atom. The summed E-state index contributed by atoms with van der Waals surface area (Å²) in [6.07, 6.45) is 2.49. The lowest BCUT2D eigenvalue weighted by Crippen LogP contribution is -2.42. The summed E-state index contributed by atoms with van der Waals surface area (Å²) < 4.78 is 1.21. The van der Waals surface area contributed by atoms with Gasteiger partial charge in [0.1, 0.15) is 0 Å². The van der Waals surface area contributed by atoms with Gasteiger partial charge in [-0.25, -0.2) is 0 Å².